The lowest BCUT2D eigenvalue weighted by Gasteiger charge is -2.14. The number of thioether (sulfide) groups is 1. The Hall–Kier alpha value is -2.43. The summed E-state index contributed by atoms with van der Waals surface area (Å²) in [4.78, 5) is 29.5. The van der Waals surface area contributed by atoms with Crippen molar-refractivity contribution in [3.8, 4) is 5.75 Å². The van der Waals surface area contributed by atoms with Gasteiger partial charge in [0.05, 0.1) is 17.3 Å². The summed E-state index contributed by atoms with van der Waals surface area (Å²) in [5.41, 5.74) is 0.313. The number of anilines is 1. The minimum absolute atomic E-state index is 0.0226. The van der Waals surface area contributed by atoms with E-state index in [4.69, 9.17) is 4.74 Å². The predicted octanol–water partition coefficient (Wildman–Crippen LogP) is 3.21. The molecule has 8 nitrogen and oxygen atoms in total. The average molecular weight is 478 g/mol. The number of pyridine rings is 1. The van der Waals surface area contributed by atoms with Crippen molar-refractivity contribution in [1.29, 1.82) is 0 Å². The highest BCUT2D eigenvalue weighted by Crippen LogP contribution is 2.19. The summed E-state index contributed by atoms with van der Waals surface area (Å²) in [6, 6.07) is 9.12. The molecule has 0 amide bonds. The van der Waals surface area contributed by atoms with E-state index in [0.717, 1.165) is 37.8 Å². The van der Waals surface area contributed by atoms with E-state index in [1.807, 2.05) is 0 Å². The molecule has 1 aromatic heterocycles. The van der Waals surface area contributed by atoms with Crippen LogP contribution in [0, 0.1) is 0 Å². The van der Waals surface area contributed by atoms with Gasteiger partial charge in [-0.25, -0.2) is 13.4 Å². The van der Waals surface area contributed by atoms with Gasteiger partial charge in [-0.3, -0.25) is 14.3 Å². The fourth-order valence-electron chi connectivity index (χ4n) is 3.27. The minimum atomic E-state index is -3.83. The molecule has 0 saturated carbocycles. The monoisotopic (exact) mass is 477 g/mol. The van der Waals surface area contributed by atoms with Crippen LogP contribution in [0.25, 0.3) is 0 Å². The Morgan fingerprint density at radius 1 is 1.12 bits per heavy atom. The molecule has 0 spiro atoms. The van der Waals surface area contributed by atoms with Crippen LogP contribution in [0.3, 0.4) is 0 Å². The smallest absolute Gasteiger partial charge is 0.263 e. The molecule has 172 valence electrons. The van der Waals surface area contributed by atoms with Gasteiger partial charge in [-0.2, -0.15) is 0 Å². The number of carbonyl (C=O) groups excluding carboxylic acids is 2. The topological polar surface area (TPSA) is 106 Å². The lowest BCUT2D eigenvalue weighted by atomic mass is 10.2. The summed E-state index contributed by atoms with van der Waals surface area (Å²) in [6.07, 6.45) is 4.75. The molecule has 2 heterocycles. The summed E-state index contributed by atoms with van der Waals surface area (Å²) >= 11 is 0.918. The van der Waals surface area contributed by atoms with Gasteiger partial charge >= 0.3 is 0 Å². The third-order valence-electron chi connectivity index (χ3n) is 4.95. The Labute approximate surface area is 192 Å². The summed E-state index contributed by atoms with van der Waals surface area (Å²) < 4.78 is 33.3. The van der Waals surface area contributed by atoms with E-state index in [1.54, 1.807) is 12.1 Å². The van der Waals surface area contributed by atoms with Crippen molar-refractivity contribution in [3.63, 3.8) is 0 Å². The van der Waals surface area contributed by atoms with Gasteiger partial charge in [0, 0.05) is 25.2 Å². The van der Waals surface area contributed by atoms with Crippen molar-refractivity contribution in [2.45, 2.75) is 31.1 Å². The number of ketones is 1. The van der Waals surface area contributed by atoms with E-state index < -0.39 is 10.0 Å². The van der Waals surface area contributed by atoms with Gasteiger partial charge < -0.3 is 9.64 Å². The van der Waals surface area contributed by atoms with Gasteiger partial charge in [-0.05, 0) is 68.8 Å². The van der Waals surface area contributed by atoms with Crippen LogP contribution in [0.2, 0.25) is 0 Å². The minimum Gasteiger partial charge on any atom is -0.494 e. The number of nitrogens with one attached hydrogen (secondary N) is 1. The second-order valence-electron chi connectivity index (χ2n) is 7.46. The largest absolute Gasteiger partial charge is 0.494 e. The van der Waals surface area contributed by atoms with Crippen LogP contribution in [0.5, 0.6) is 5.75 Å². The zero-order chi connectivity index (χ0) is 23.0. The molecule has 1 aliphatic heterocycles. The Balaban J connectivity index is 1.51. The van der Waals surface area contributed by atoms with E-state index in [-0.39, 0.29) is 27.4 Å². The van der Waals surface area contributed by atoms with Gasteiger partial charge in [0.15, 0.2) is 10.9 Å². The third kappa shape index (κ3) is 7.32. The van der Waals surface area contributed by atoms with Crippen LogP contribution in [0.1, 0.15) is 36.5 Å². The first-order chi connectivity index (χ1) is 15.3. The van der Waals surface area contributed by atoms with Crippen molar-refractivity contribution in [3.05, 3.63) is 48.2 Å². The molecule has 32 heavy (non-hydrogen) atoms. The number of hydrogen-bond donors (Lipinski definition) is 1. The fraction of sp³-hybridized carbons (Fsp3) is 0.409. The Morgan fingerprint density at radius 3 is 2.47 bits per heavy atom. The standard InChI is InChI=1S/C22H27N3O5S2/c1-17(26)31-16-21(27)18-5-10-22(23-15-18)24-32(28,29)20-8-6-19(7-9-20)30-14-4-13-25-11-2-3-12-25/h5-10,15H,2-4,11-14,16H2,1H3,(H,23,24). The molecular weight excluding hydrogens is 450 g/mol. The molecule has 10 heteroatoms. The normalized spacial score (nSPS) is 14.3. The number of aromatic nitrogens is 1. The van der Waals surface area contributed by atoms with Crippen LogP contribution in [-0.4, -0.2) is 61.2 Å². The van der Waals surface area contributed by atoms with E-state index in [2.05, 4.69) is 14.6 Å². The zero-order valence-electron chi connectivity index (χ0n) is 18.0. The molecule has 2 aromatic rings. The first-order valence-electron chi connectivity index (χ1n) is 10.4. The average Bonchev–Trinajstić information content (AvgIpc) is 3.29. The molecule has 0 radical (unpaired) electrons. The molecule has 0 bridgehead atoms. The lowest BCUT2D eigenvalue weighted by molar-refractivity contribution is -0.109. The van der Waals surface area contributed by atoms with Crippen molar-refractivity contribution in [1.82, 2.24) is 9.88 Å². The number of likely N-dealkylation sites (tertiary alicyclic amines) is 1. The number of carbonyl (C=O) groups is 2. The highest BCUT2D eigenvalue weighted by atomic mass is 32.2. The number of benzene rings is 1. The SMILES string of the molecule is CC(=O)SCC(=O)c1ccc(NS(=O)(=O)c2ccc(OCCCN3CCCC3)cc2)nc1. The van der Waals surface area contributed by atoms with Crippen molar-refractivity contribution in [2.24, 2.45) is 0 Å². The highest BCUT2D eigenvalue weighted by molar-refractivity contribution is 8.14. The predicted molar refractivity (Wildman–Crippen MR) is 125 cm³/mol. The van der Waals surface area contributed by atoms with Crippen LogP contribution in [0.15, 0.2) is 47.5 Å². The van der Waals surface area contributed by atoms with E-state index >= 15 is 0 Å². The quantitative estimate of drug-likeness (QED) is 0.389. The molecule has 1 aromatic carbocycles. The lowest BCUT2D eigenvalue weighted by Crippen LogP contribution is -2.21. The molecule has 1 aliphatic rings. The molecular formula is C22H27N3O5S2. The van der Waals surface area contributed by atoms with Gasteiger partial charge in [-0.1, -0.05) is 11.8 Å². The Morgan fingerprint density at radius 2 is 1.84 bits per heavy atom. The highest BCUT2D eigenvalue weighted by Gasteiger charge is 2.16. The second-order valence-corrected chi connectivity index (χ2v) is 10.3. The Bertz CT molecular complexity index is 1020. The molecule has 1 fully saturated rings. The number of rotatable bonds is 11. The van der Waals surface area contributed by atoms with Gasteiger partial charge in [-0.15, -0.1) is 0 Å². The maximum Gasteiger partial charge on any atom is 0.263 e. The van der Waals surface area contributed by atoms with Crippen LogP contribution < -0.4 is 9.46 Å². The summed E-state index contributed by atoms with van der Waals surface area (Å²) in [5, 5.41) is -0.144. The van der Waals surface area contributed by atoms with Gasteiger partial charge in [0.25, 0.3) is 10.0 Å². The number of ether oxygens (including phenoxy) is 1. The summed E-state index contributed by atoms with van der Waals surface area (Å²) in [6.45, 7) is 5.31. The molecule has 3 rings (SSSR count). The van der Waals surface area contributed by atoms with Crippen LogP contribution in [-0.2, 0) is 14.8 Å². The van der Waals surface area contributed by atoms with Crippen molar-refractivity contribution < 1.29 is 22.7 Å². The van der Waals surface area contributed by atoms with Crippen molar-refractivity contribution in [2.75, 3.05) is 36.7 Å². The maximum atomic E-state index is 12.6. The van der Waals surface area contributed by atoms with E-state index in [1.165, 1.54) is 50.2 Å². The third-order valence-corrected chi connectivity index (χ3v) is 7.13. The number of nitrogens with zero attached hydrogens (tertiary/aromatic N) is 2. The van der Waals surface area contributed by atoms with Gasteiger partial charge in [0.1, 0.15) is 11.6 Å². The van der Waals surface area contributed by atoms with E-state index in [9.17, 15) is 18.0 Å². The van der Waals surface area contributed by atoms with Crippen molar-refractivity contribution >= 4 is 38.5 Å². The molecule has 0 atom stereocenters. The fourth-order valence-corrected chi connectivity index (χ4v) is 4.78. The Kier molecular flexibility index (Phi) is 8.66. The zero-order valence-corrected chi connectivity index (χ0v) is 19.6. The van der Waals surface area contributed by atoms with E-state index in [0.29, 0.717) is 17.9 Å². The number of hydrogen-bond acceptors (Lipinski definition) is 8. The second kappa shape index (κ2) is 11.4. The van der Waals surface area contributed by atoms with Gasteiger partial charge in [0.2, 0.25) is 0 Å². The summed E-state index contributed by atoms with van der Waals surface area (Å²) in [7, 11) is -3.83. The molecule has 1 N–H and O–H groups in total. The maximum absolute atomic E-state index is 12.6. The first-order valence-corrected chi connectivity index (χ1v) is 12.9. The first kappa shape index (κ1) is 24.2. The van der Waals surface area contributed by atoms with Crippen LogP contribution in [0.4, 0.5) is 5.82 Å². The summed E-state index contributed by atoms with van der Waals surface area (Å²) in [5.74, 6) is 0.496. The van der Waals surface area contributed by atoms with Crippen LogP contribution >= 0.6 is 11.8 Å². The number of sulfonamides is 1. The molecule has 1 saturated heterocycles. The molecule has 0 aliphatic carbocycles. The number of Topliss-reactive ketones (excluding diaryl/α,β-unsaturated/α-hetero) is 1. The molecule has 0 unspecified atom stereocenters.